The smallest absolute Gasteiger partial charge is 0.497 e. The normalized spacial score (nSPS) is 14.9. The van der Waals surface area contributed by atoms with Gasteiger partial charge in [-0.3, -0.25) is 0 Å². The number of methoxy groups -OCH3 is 1. The molecule has 1 aromatic rings. The Kier molecular flexibility index (Phi) is 6.23. The van der Waals surface area contributed by atoms with E-state index in [4.69, 9.17) is 4.74 Å². The first-order chi connectivity index (χ1) is 11.0. The van der Waals surface area contributed by atoms with Gasteiger partial charge in [0.2, 0.25) is 0 Å². The fourth-order valence-electron chi connectivity index (χ4n) is 1.97. The number of carboxylic acids is 1. The molecule has 0 spiro atoms. The summed E-state index contributed by atoms with van der Waals surface area (Å²) in [6.45, 7) is 1.24. The zero-order valence-corrected chi connectivity index (χ0v) is 13.8. The average Bonchev–Trinajstić information content (AvgIpc) is 2.50. The van der Waals surface area contributed by atoms with Gasteiger partial charge in [-0.2, -0.15) is 21.6 Å². The Labute approximate surface area is 137 Å². The van der Waals surface area contributed by atoms with Crippen LogP contribution in [-0.2, 0) is 25.5 Å². The van der Waals surface area contributed by atoms with Crippen LogP contribution in [0.15, 0.2) is 24.3 Å². The molecule has 0 aliphatic rings. The lowest BCUT2D eigenvalue weighted by molar-refractivity contribution is -0.157. The predicted octanol–water partition coefficient (Wildman–Crippen LogP) is 2.73. The van der Waals surface area contributed by atoms with E-state index < -0.39 is 40.0 Å². The quantitative estimate of drug-likeness (QED) is 0.559. The summed E-state index contributed by atoms with van der Waals surface area (Å²) in [7, 11) is -4.57. The summed E-state index contributed by atoms with van der Waals surface area (Å²) in [4.78, 5) is 11.4. The summed E-state index contributed by atoms with van der Waals surface area (Å²) < 4.78 is 68.9. The van der Waals surface area contributed by atoms with Crippen LogP contribution in [0.5, 0.6) is 5.75 Å². The molecule has 0 heterocycles. The van der Waals surface area contributed by atoms with Crippen LogP contribution in [0, 0.1) is 0 Å². The maximum absolute atomic E-state index is 12.5. The molecule has 1 rings (SSSR count). The van der Waals surface area contributed by atoms with Gasteiger partial charge in [0.05, 0.1) is 7.11 Å². The highest BCUT2D eigenvalue weighted by Gasteiger charge is 2.54. The van der Waals surface area contributed by atoms with E-state index in [9.17, 15) is 31.5 Å². The molecule has 1 atom stereocenters. The number of aliphatic carboxylic acids is 1. The maximum atomic E-state index is 12.5. The number of carboxylic acid groups (broad SMARTS) is 1. The van der Waals surface area contributed by atoms with Crippen LogP contribution in [-0.4, -0.2) is 37.7 Å². The molecule has 0 radical (unpaired) electrons. The Hall–Kier alpha value is -1.81. The van der Waals surface area contributed by atoms with Crippen LogP contribution in [0.3, 0.4) is 0 Å². The molecule has 6 nitrogen and oxygen atoms in total. The molecule has 0 aromatic heterocycles. The number of aryl methyl sites for hydroxylation is 1. The Bertz CT molecular complexity index is 669. The molecule has 0 amide bonds. The van der Waals surface area contributed by atoms with Crippen molar-refractivity contribution in [2.24, 2.45) is 0 Å². The van der Waals surface area contributed by atoms with Crippen molar-refractivity contribution < 1.29 is 40.4 Å². The standard InChI is InChI=1S/C14H17F3O6S/c1-3-13(12(18)19,23-24(20,21)14(15,16)17)9-8-10-4-6-11(22-2)7-5-10/h4-7H,3,8-9H2,1-2H3,(H,18,19)/t13-/m1/s1. The number of ether oxygens (including phenoxy) is 1. The molecule has 0 aliphatic carbocycles. The highest BCUT2D eigenvalue weighted by Crippen LogP contribution is 2.33. The summed E-state index contributed by atoms with van der Waals surface area (Å²) in [6, 6.07) is 6.38. The molecule has 1 aromatic carbocycles. The zero-order valence-electron chi connectivity index (χ0n) is 13.0. The molecule has 0 saturated heterocycles. The molecule has 1 N–H and O–H groups in total. The summed E-state index contributed by atoms with van der Waals surface area (Å²) >= 11 is 0. The molecule has 0 bridgehead atoms. The number of rotatable bonds is 8. The van der Waals surface area contributed by atoms with E-state index in [0.29, 0.717) is 11.3 Å². The number of hydrogen-bond donors (Lipinski definition) is 1. The van der Waals surface area contributed by atoms with Crippen LogP contribution in [0.2, 0.25) is 0 Å². The van der Waals surface area contributed by atoms with Gasteiger partial charge in [0.25, 0.3) is 0 Å². The Morgan fingerprint density at radius 2 is 1.75 bits per heavy atom. The predicted molar refractivity (Wildman–Crippen MR) is 78.0 cm³/mol. The SMILES string of the molecule is CC[C@](CCc1ccc(OC)cc1)(OS(=O)(=O)C(F)(F)F)C(=O)O. The molecule has 10 heteroatoms. The molecule has 24 heavy (non-hydrogen) atoms. The summed E-state index contributed by atoms with van der Waals surface area (Å²) in [6.07, 6.45) is -0.883. The first-order valence-corrected chi connectivity index (χ1v) is 8.26. The van der Waals surface area contributed by atoms with Crippen LogP contribution in [0.1, 0.15) is 25.3 Å². The van der Waals surface area contributed by atoms with Crippen LogP contribution < -0.4 is 4.74 Å². The Morgan fingerprint density at radius 1 is 1.21 bits per heavy atom. The minimum absolute atomic E-state index is 0.0114. The Morgan fingerprint density at radius 3 is 2.12 bits per heavy atom. The summed E-state index contributed by atoms with van der Waals surface area (Å²) in [5, 5.41) is 9.24. The highest BCUT2D eigenvalue weighted by atomic mass is 32.2. The van der Waals surface area contributed by atoms with Gasteiger partial charge < -0.3 is 9.84 Å². The van der Waals surface area contributed by atoms with Gasteiger partial charge in [0, 0.05) is 0 Å². The van der Waals surface area contributed by atoms with Gasteiger partial charge in [-0.15, -0.1) is 0 Å². The highest BCUT2D eigenvalue weighted by molar-refractivity contribution is 7.87. The van der Waals surface area contributed by atoms with Crippen LogP contribution >= 0.6 is 0 Å². The number of halogens is 3. The first kappa shape index (κ1) is 20.2. The van der Waals surface area contributed by atoms with Crippen LogP contribution in [0.25, 0.3) is 0 Å². The fourth-order valence-corrected chi connectivity index (χ4v) is 2.75. The van der Waals surface area contributed by atoms with E-state index in [0.717, 1.165) is 0 Å². The molecular formula is C14H17F3O6S. The van der Waals surface area contributed by atoms with Gasteiger partial charge in [-0.1, -0.05) is 19.1 Å². The number of benzene rings is 1. The van der Waals surface area contributed by atoms with Gasteiger partial charge in [-0.25, -0.2) is 8.98 Å². The van der Waals surface area contributed by atoms with Crippen molar-refractivity contribution >= 4 is 16.1 Å². The third kappa shape index (κ3) is 4.60. The molecule has 0 aliphatic heterocycles. The van der Waals surface area contributed by atoms with Gasteiger partial charge in [0.1, 0.15) is 5.75 Å². The number of hydrogen-bond acceptors (Lipinski definition) is 5. The van der Waals surface area contributed by atoms with Crippen molar-refractivity contribution in [1.82, 2.24) is 0 Å². The van der Waals surface area contributed by atoms with E-state index >= 15 is 0 Å². The second-order valence-corrected chi connectivity index (χ2v) is 6.52. The lowest BCUT2D eigenvalue weighted by Gasteiger charge is -2.28. The van der Waals surface area contributed by atoms with Crippen molar-refractivity contribution in [3.63, 3.8) is 0 Å². The molecule has 0 saturated carbocycles. The lowest BCUT2D eigenvalue weighted by Crippen LogP contribution is -2.46. The topological polar surface area (TPSA) is 89.9 Å². The summed E-state index contributed by atoms with van der Waals surface area (Å²) in [5.41, 5.74) is -7.58. The minimum Gasteiger partial charge on any atom is -0.497 e. The molecule has 0 unspecified atom stereocenters. The molecule has 136 valence electrons. The third-order valence-corrected chi connectivity index (χ3v) is 4.60. The summed E-state index contributed by atoms with van der Waals surface area (Å²) in [5.74, 6) is -1.22. The van der Waals surface area contributed by atoms with E-state index in [1.54, 1.807) is 24.3 Å². The second-order valence-electron chi connectivity index (χ2n) is 4.98. The van der Waals surface area contributed by atoms with E-state index in [1.807, 2.05) is 0 Å². The van der Waals surface area contributed by atoms with Crippen molar-refractivity contribution in [3.05, 3.63) is 29.8 Å². The van der Waals surface area contributed by atoms with Gasteiger partial charge in [-0.05, 0) is 37.0 Å². The zero-order chi connectivity index (χ0) is 18.6. The Balaban J connectivity index is 3.02. The van der Waals surface area contributed by atoms with Crippen molar-refractivity contribution in [2.45, 2.75) is 37.3 Å². The maximum Gasteiger partial charge on any atom is 0.523 e. The van der Waals surface area contributed by atoms with Crippen LogP contribution in [0.4, 0.5) is 13.2 Å². The monoisotopic (exact) mass is 370 g/mol. The van der Waals surface area contributed by atoms with E-state index in [-0.39, 0.29) is 6.42 Å². The number of alkyl halides is 3. The fraction of sp³-hybridized carbons (Fsp3) is 0.500. The molecular weight excluding hydrogens is 353 g/mol. The lowest BCUT2D eigenvalue weighted by atomic mass is 9.92. The first-order valence-electron chi connectivity index (χ1n) is 6.85. The van der Waals surface area contributed by atoms with Crippen molar-refractivity contribution in [2.75, 3.05) is 7.11 Å². The second kappa shape index (κ2) is 7.39. The average molecular weight is 370 g/mol. The van der Waals surface area contributed by atoms with E-state index in [1.165, 1.54) is 14.0 Å². The minimum atomic E-state index is -6.03. The van der Waals surface area contributed by atoms with Gasteiger partial charge >= 0.3 is 21.6 Å². The van der Waals surface area contributed by atoms with Gasteiger partial charge in [0.15, 0.2) is 5.60 Å². The third-order valence-electron chi connectivity index (χ3n) is 3.49. The van der Waals surface area contributed by atoms with E-state index in [2.05, 4.69) is 4.18 Å². The number of carbonyl (C=O) groups is 1. The largest absolute Gasteiger partial charge is 0.523 e. The molecule has 0 fully saturated rings. The van der Waals surface area contributed by atoms with Crippen molar-refractivity contribution in [1.29, 1.82) is 0 Å². The van der Waals surface area contributed by atoms with Crippen molar-refractivity contribution in [3.8, 4) is 5.75 Å².